The van der Waals surface area contributed by atoms with Gasteiger partial charge in [0.15, 0.2) is 0 Å². The molecule has 8 nitrogen and oxygen atoms in total. The van der Waals surface area contributed by atoms with Gasteiger partial charge >= 0.3 is 0 Å². The van der Waals surface area contributed by atoms with Gasteiger partial charge in [-0.3, -0.25) is 0 Å². The molecule has 0 saturated carbocycles. The molecule has 2 aromatic heterocycles. The van der Waals surface area contributed by atoms with Crippen molar-refractivity contribution in [2.45, 2.75) is 12.6 Å². The second kappa shape index (κ2) is 7.35. The number of tetrazole rings is 1. The van der Waals surface area contributed by atoms with E-state index in [0.29, 0.717) is 29.0 Å². The van der Waals surface area contributed by atoms with Gasteiger partial charge in [-0.05, 0) is 35.5 Å². The van der Waals surface area contributed by atoms with Crippen molar-refractivity contribution in [1.29, 1.82) is 0 Å². The van der Waals surface area contributed by atoms with Crippen LogP contribution in [0.3, 0.4) is 0 Å². The second-order valence-corrected chi connectivity index (χ2v) is 5.49. The summed E-state index contributed by atoms with van der Waals surface area (Å²) in [6, 6.07) is 10.2. The van der Waals surface area contributed by atoms with Crippen LogP contribution in [0.25, 0.3) is 11.4 Å². The lowest BCUT2D eigenvalue weighted by Gasteiger charge is -2.05. The number of nitrogens with two attached hydrogens (primary N) is 1. The van der Waals surface area contributed by atoms with Gasteiger partial charge in [0.2, 0.25) is 11.7 Å². The molecule has 0 bridgehead atoms. The van der Waals surface area contributed by atoms with Crippen molar-refractivity contribution >= 4 is 11.6 Å². The molecule has 2 heterocycles. The number of rotatable bonds is 6. The number of hydrogen-bond acceptors (Lipinski definition) is 7. The highest BCUT2D eigenvalue weighted by Crippen LogP contribution is 2.23. The van der Waals surface area contributed by atoms with Crippen molar-refractivity contribution in [3.63, 3.8) is 0 Å². The van der Waals surface area contributed by atoms with Crippen LogP contribution in [0.2, 0.25) is 5.02 Å². The maximum Gasteiger partial charge on any atom is 0.219 e. The fourth-order valence-corrected chi connectivity index (χ4v) is 2.03. The number of halogens is 1. The predicted octanol–water partition coefficient (Wildman–Crippen LogP) is 1.50. The Morgan fingerprint density at radius 2 is 2.00 bits per heavy atom. The molecule has 0 spiro atoms. The minimum absolute atomic E-state index is 0.137. The van der Waals surface area contributed by atoms with Gasteiger partial charge in [0.25, 0.3) is 0 Å². The predicted molar refractivity (Wildman–Crippen MR) is 87.6 cm³/mol. The van der Waals surface area contributed by atoms with Crippen molar-refractivity contribution in [1.82, 2.24) is 25.2 Å². The summed E-state index contributed by atoms with van der Waals surface area (Å²) in [4.78, 5) is 5.43. The second-order valence-electron chi connectivity index (χ2n) is 5.05. The summed E-state index contributed by atoms with van der Waals surface area (Å²) in [5.74, 6) is 1.55. The molecule has 0 aliphatic rings. The summed E-state index contributed by atoms with van der Waals surface area (Å²) in [5.41, 5.74) is 6.43. The number of benzene rings is 1. The van der Waals surface area contributed by atoms with Gasteiger partial charge in [-0.15, -0.1) is 10.2 Å². The lowest BCUT2D eigenvalue weighted by atomic mass is 10.2. The highest BCUT2D eigenvalue weighted by Gasteiger charge is 2.09. The number of pyridine rings is 1. The maximum absolute atomic E-state index is 8.95. The lowest BCUT2D eigenvalue weighted by Crippen LogP contribution is -2.30. The lowest BCUT2D eigenvalue weighted by molar-refractivity contribution is 0.245. The van der Waals surface area contributed by atoms with E-state index in [1.54, 1.807) is 24.3 Å². The highest BCUT2D eigenvalue weighted by atomic mass is 35.5. The Hall–Kier alpha value is -2.55. The fourth-order valence-electron chi connectivity index (χ4n) is 1.92. The van der Waals surface area contributed by atoms with E-state index in [0.717, 1.165) is 5.56 Å². The molecule has 3 N–H and O–H groups in total. The van der Waals surface area contributed by atoms with Crippen LogP contribution in [0.5, 0.6) is 11.6 Å². The van der Waals surface area contributed by atoms with E-state index in [9.17, 15) is 0 Å². The number of aromatic nitrogens is 5. The molecule has 0 aliphatic heterocycles. The van der Waals surface area contributed by atoms with Crippen molar-refractivity contribution in [2.75, 3.05) is 6.61 Å². The summed E-state index contributed by atoms with van der Waals surface area (Å²) in [7, 11) is 0. The largest absolute Gasteiger partial charge is 0.439 e. The fraction of sp³-hybridized carbons (Fsp3) is 0.200. The van der Waals surface area contributed by atoms with Crippen LogP contribution >= 0.6 is 11.6 Å². The molecule has 9 heteroatoms. The van der Waals surface area contributed by atoms with Crippen LogP contribution in [0.1, 0.15) is 0 Å². The zero-order valence-electron chi connectivity index (χ0n) is 12.6. The molecule has 124 valence electrons. The third kappa shape index (κ3) is 4.05. The summed E-state index contributed by atoms with van der Waals surface area (Å²) in [6.45, 7) is 0.161. The van der Waals surface area contributed by atoms with Gasteiger partial charge in [-0.2, -0.15) is 4.80 Å². The van der Waals surface area contributed by atoms with E-state index >= 15 is 0 Å². The molecular formula is C15H15ClN6O2. The summed E-state index contributed by atoms with van der Waals surface area (Å²) in [6.07, 6.45) is 1.52. The molecule has 0 unspecified atom stereocenters. The molecule has 0 radical (unpaired) electrons. The van der Waals surface area contributed by atoms with Crippen LogP contribution in [0.15, 0.2) is 42.6 Å². The van der Waals surface area contributed by atoms with Gasteiger partial charge in [0, 0.05) is 23.9 Å². The van der Waals surface area contributed by atoms with Crippen LogP contribution in [0, 0.1) is 0 Å². The van der Waals surface area contributed by atoms with E-state index in [-0.39, 0.29) is 6.61 Å². The van der Waals surface area contributed by atoms with Gasteiger partial charge in [-0.1, -0.05) is 11.6 Å². The summed E-state index contributed by atoms with van der Waals surface area (Å²) >= 11 is 5.78. The molecule has 0 aliphatic carbocycles. The van der Waals surface area contributed by atoms with E-state index in [1.807, 2.05) is 12.1 Å². The molecule has 3 rings (SSSR count). The summed E-state index contributed by atoms with van der Waals surface area (Å²) < 4.78 is 5.62. The zero-order valence-corrected chi connectivity index (χ0v) is 13.3. The molecular weight excluding hydrogens is 332 g/mol. The number of aliphatic hydroxyl groups is 1. The minimum atomic E-state index is -0.422. The molecule has 3 aromatic rings. The Labute approximate surface area is 142 Å². The van der Waals surface area contributed by atoms with Crippen molar-refractivity contribution in [3.8, 4) is 23.0 Å². The van der Waals surface area contributed by atoms with Crippen molar-refractivity contribution in [3.05, 3.63) is 47.6 Å². The summed E-state index contributed by atoms with van der Waals surface area (Å²) in [5, 5.41) is 21.6. The van der Waals surface area contributed by atoms with Crippen LogP contribution < -0.4 is 10.5 Å². The maximum atomic E-state index is 8.95. The van der Waals surface area contributed by atoms with E-state index in [4.69, 9.17) is 27.2 Å². The Morgan fingerprint density at radius 1 is 1.21 bits per heavy atom. The zero-order chi connectivity index (χ0) is 16.9. The number of hydrogen-bond donors (Lipinski definition) is 2. The van der Waals surface area contributed by atoms with Crippen LogP contribution in [-0.4, -0.2) is 42.9 Å². The number of nitrogens with zero attached hydrogens (tertiary/aromatic N) is 5. The topological polar surface area (TPSA) is 112 Å². The smallest absolute Gasteiger partial charge is 0.219 e. The van der Waals surface area contributed by atoms with Gasteiger partial charge in [0.05, 0.1) is 18.2 Å². The quantitative estimate of drug-likeness (QED) is 0.695. The monoisotopic (exact) mass is 346 g/mol. The molecule has 0 amide bonds. The average molecular weight is 347 g/mol. The molecule has 1 aromatic carbocycles. The van der Waals surface area contributed by atoms with Crippen molar-refractivity contribution < 1.29 is 9.84 Å². The first-order valence-corrected chi connectivity index (χ1v) is 7.56. The molecule has 1 atom stereocenters. The normalized spacial score (nSPS) is 12.1. The number of ether oxygens (including phenoxy) is 1. The van der Waals surface area contributed by atoms with Crippen molar-refractivity contribution in [2.24, 2.45) is 5.73 Å². The standard InChI is InChI=1S/C15H15ClN6O2/c16-11-3-6-14(18-7-11)24-13-4-1-10(2-5-13)15-19-21-22(20-15)8-12(17)9-23/h1-7,12,23H,8-9,17H2/t12-/m0/s1. The van der Waals surface area contributed by atoms with Crippen LogP contribution in [-0.2, 0) is 6.54 Å². The van der Waals surface area contributed by atoms with E-state index < -0.39 is 6.04 Å². The SMILES string of the molecule is N[C@H](CO)Cn1nnc(-c2ccc(Oc3ccc(Cl)cn3)cc2)n1. The average Bonchev–Trinajstić information content (AvgIpc) is 3.06. The van der Waals surface area contributed by atoms with E-state index in [2.05, 4.69) is 20.4 Å². The first-order valence-electron chi connectivity index (χ1n) is 7.18. The van der Waals surface area contributed by atoms with Gasteiger partial charge in [0.1, 0.15) is 5.75 Å². The third-order valence-electron chi connectivity index (χ3n) is 3.12. The first-order chi connectivity index (χ1) is 11.6. The highest BCUT2D eigenvalue weighted by molar-refractivity contribution is 6.30. The van der Waals surface area contributed by atoms with Crippen LogP contribution in [0.4, 0.5) is 0 Å². The van der Waals surface area contributed by atoms with Gasteiger partial charge < -0.3 is 15.6 Å². The third-order valence-corrected chi connectivity index (χ3v) is 3.34. The Bertz CT molecular complexity index is 790. The first kappa shape index (κ1) is 16.3. The van der Waals surface area contributed by atoms with Gasteiger partial charge in [-0.25, -0.2) is 4.98 Å². The van der Waals surface area contributed by atoms with E-state index in [1.165, 1.54) is 11.0 Å². The Morgan fingerprint density at radius 3 is 2.67 bits per heavy atom. The Balaban J connectivity index is 1.69. The Kier molecular flexibility index (Phi) is 4.99. The minimum Gasteiger partial charge on any atom is -0.439 e. The molecule has 0 fully saturated rings. The number of aliphatic hydroxyl groups excluding tert-OH is 1. The molecule has 0 saturated heterocycles. The molecule has 24 heavy (non-hydrogen) atoms.